The molecule has 8 heteroatoms. The summed E-state index contributed by atoms with van der Waals surface area (Å²) in [7, 11) is 0. The van der Waals surface area contributed by atoms with Gasteiger partial charge in [-0.2, -0.15) is 0 Å². The smallest absolute Gasteiger partial charge is 0.257 e. The van der Waals surface area contributed by atoms with E-state index in [1.807, 2.05) is 32.9 Å². The Labute approximate surface area is 188 Å². The van der Waals surface area contributed by atoms with Crippen LogP contribution < -0.4 is 10.2 Å². The Hall–Kier alpha value is -2.90. The van der Waals surface area contributed by atoms with Crippen LogP contribution in [0.5, 0.6) is 0 Å². The maximum absolute atomic E-state index is 13.3. The van der Waals surface area contributed by atoms with Gasteiger partial charge in [-0.3, -0.25) is 24.1 Å². The molecule has 8 nitrogen and oxygen atoms in total. The summed E-state index contributed by atoms with van der Waals surface area (Å²) in [4.78, 5) is 56.2. The zero-order valence-corrected chi connectivity index (χ0v) is 19.1. The molecular formula is C24H32N4O4. The van der Waals surface area contributed by atoms with E-state index in [1.165, 1.54) is 0 Å². The van der Waals surface area contributed by atoms with Crippen LogP contribution in [0, 0.1) is 5.92 Å². The van der Waals surface area contributed by atoms with Crippen molar-refractivity contribution >= 4 is 29.3 Å². The van der Waals surface area contributed by atoms with Gasteiger partial charge in [0.1, 0.15) is 5.66 Å². The van der Waals surface area contributed by atoms with Crippen molar-refractivity contribution in [1.29, 1.82) is 0 Å². The average molecular weight is 441 g/mol. The third-order valence-corrected chi connectivity index (χ3v) is 6.94. The van der Waals surface area contributed by atoms with Crippen LogP contribution in [0.3, 0.4) is 0 Å². The van der Waals surface area contributed by atoms with Crippen molar-refractivity contribution in [1.82, 2.24) is 15.1 Å². The molecule has 1 N–H and O–H groups in total. The lowest BCUT2D eigenvalue weighted by Gasteiger charge is -2.48. The SMILES string of the molecule is CC(C)C(=O)NC1CCCN(C(=O)CCN2C(=O)c3ccccc3N3C(=O)CCC23C)C1. The number of nitrogens with one attached hydrogen (secondary N) is 1. The summed E-state index contributed by atoms with van der Waals surface area (Å²) in [6.45, 7) is 7.03. The Morgan fingerprint density at radius 2 is 1.97 bits per heavy atom. The van der Waals surface area contributed by atoms with Crippen molar-refractivity contribution in [3.8, 4) is 0 Å². The largest absolute Gasteiger partial charge is 0.351 e. The van der Waals surface area contributed by atoms with Crippen LogP contribution in [-0.2, 0) is 14.4 Å². The molecule has 3 aliphatic rings. The normalized spacial score (nSPS) is 25.1. The predicted molar refractivity (Wildman–Crippen MR) is 120 cm³/mol. The molecule has 0 aromatic heterocycles. The monoisotopic (exact) mass is 440 g/mol. The van der Waals surface area contributed by atoms with Crippen LogP contribution in [-0.4, -0.2) is 64.8 Å². The van der Waals surface area contributed by atoms with Crippen molar-refractivity contribution in [3.63, 3.8) is 0 Å². The van der Waals surface area contributed by atoms with E-state index in [9.17, 15) is 19.2 Å². The molecule has 2 atom stereocenters. The van der Waals surface area contributed by atoms with Gasteiger partial charge < -0.3 is 15.1 Å². The van der Waals surface area contributed by atoms with Gasteiger partial charge in [0.25, 0.3) is 5.91 Å². The molecule has 32 heavy (non-hydrogen) atoms. The minimum atomic E-state index is -0.752. The topological polar surface area (TPSA) is 90.0 Å². The number of rotatable bonds is 5. The molecule has 3 aliphatic heterocycles. The number of nitrogens with zero attached hydrogens (tertiary/aromatic N) is 3. The van der Waals surface area contributed by atoms with E-state index in [2.05, 4.69) is 5.32 Å². The van der Waals surface area contributed by atoms with Gasteiger partial charge in [-0.15, -0.1) is 0 Å². The Morgan fingerprint density at radius 3 is 2.72 bits per heavy atom. The van der Waals surface area contributed by atoms with Gasteiger partial charge in [0.05, 0.1) is 11.3 Å². The first kappa shape index (κ1) is 22.3. The molecule has 2 fully saturated rings. The number of benzene rings is 1. The van der Waals surface area contributed by atoms with Gasteiger partial charge >= 0.3 is 0 Å². The third-order valence-electron chi connectivity index (χ3n) is 6.94. The second-order valence-electron chi connectivity index (χ2n) is 9.51. The molecule has 0 spiro atoms. The number of hydrogen-bond acceptors (Lipinski definition) is 4. The highest BCUT2D eigenvalue weighted by Crippen LogP contribution is 2.44. The van der Waals surface area contributed by atoms with Crippen molar-refractivity contribution in [3.05, 3.63) is 29.8 Å². The average Bonchev–Trinajstić information content (AvgIpc) is 3.08. The van der Waals surface area contributed by atoms with Gasteiger partial charge in [0.2, 0.25) is 17.7 Å². The van der Waals surface area contributed by atoms with E-state index in [-0.39, 0.29) is 48.6 Å². The number of likely N-dealkylation sites (tertiary alicyclic amines) is 1. The summed E-state index contributed by atoms with van der Waals surface area (Å²) in [5.41, 5.74) is 0.408. The van der Waals surface area contributed by atoms with Crippen molar-refractivity contribution in [2.75, 3.05) is 24.5 Å². The molecule has 0 radical (unpaired) electrons. The summed E-state index contributed by atoms with van der Waals surface area (Å²) < 4.78 is 0. The number of amides is 4. The maximum Gasteiger partial charge on any atom is 0.257 e. The van der Waals surface area contributed by atoms with E-state index in [0.29, 0.717) is 37.2 Å². The Bertz CT molecular complexity index is 946. The van der Waals surface area contributed by atoms with E-state index in [0.717, 1.165) is 12.8 Å². The predicted octanol–water partition coefficient (Wildman–Crippen LogP) is 2.14. The summed E-state index contributed by atoms with van der Waals surface area (Å²) in [6, 6.07) is 7.15. The van der Waals surface area contributed by atoms with Gasteiger partial charge in [-0.25, -0.2) is 0 Å². The number of hydrogen-bond donors (Lipinski definition) is 1. The Kier molecular flexibility index (Phi) is 5.97. The number of carbonyl (C=O) groups excluding carboxylic acids is 4. The van der Waals surface area contributed by atoms with Gasteiger partial charge in [0, 0.05) is 44.4 Å². The zero-order chi connectivity index (χ0) is 23.0. The number of fused-ring (bicyclic) bond motifs is 3. The second kappa shape index (κ2) is 8.56. The Balaban J connectivity index is 1.45. The molecule has 3 heterocycles. The molecule has 2 saturated heterocycles. The minimum Gasteiger partial charge on any atom is -0.351 e. The second-order valence-corrected chi connectivity index (χ2v) is 9.51. The van der Waals surface area contributed by atoms with Crippen molar-refractivity contribution < 1.29 is 19.2 Å². The van der Waals surface area contributed by atoms with Crippen LogP contribution in [0.4, 0.5) is 5.69 Å². The number of anilines is 1. The highest BCUT2D eigenvalue weighted by atomic mass is 16.2. The van der Waals surface area contributed by atoms with Crippen LogP contribution in [0.15, 0.2) is 24.3 Å². The quantitative estimate of drug-likeness (QED) is 0.760. The van der Waals surface area contributed by atoms with E-state index >= 15 is 0 Å². The zero-order valence-electron chi connectivity index (χ0n) is 19.1. The highest BCUT2D eigenvalue weighted by Gasteiger charge is 2.52. The summed E-state index contributed by atoms with van der Waals surface area (Å²) in [5.74, 6) is -0.251. The fraction of sp³-hybridized carbons (Fsp3) is 0.583. The van der Waals surface area contributed by atoms with Crippen LogP contribution in [0.2, 0.25) is 0 Å². The van der Waals surface area contributed by atoms with Crippen LogP contribution in [0.1, 0.15) is 63.2 Å². The van der Waals surface area contributed by atoms with Gasteiger partial charge in [-0.05, 0) is 38.3 Å². The summed E-state index contributed by atoms with van der Waals surface area (Å²) in [6.07, 6.45) is 2.82. The van der Waals surface area contributed by atoms with Gasteiger partial charge in [0.15, 0.2) is 0 Å². The molecule has 0 saturated carbocycles. The molecule has 0 aliphatic carbocycles. The first-order valence-corrected chi connectivity index (χ1v) is 11.5. The number of piperidine rings is 1. The maximum atomic E-state index is 13.3. The first-order chi connectivity index (χ1) is 15.2. The van der Waals surface area contributed by atoms with E-state index in [4.69, 9.17) is 0 Å². The number of para-hydroxylation sites is 1. The third kappa shape index (κ3) is 3.87. The van der Waals surface area contributed by atoms with Crippen LogP contribution >= 0.6 is 0 Å². The van der Waals surface area contributed by atoms with Crippen molar-refractivity contribution in [2.24, 2.45) is 5.92 Å². The lowest BCUT2D eigenvalue weighted by Crippen LogP contribution is -2.62. The van der Waals surface area contributed by atoms with Crippen molar-refractivity contribution in [2.45, 2.75) is 64.6 Å². The minimum absolute atomic E-state index is 0.000736. The lowest BCUT2D eigenvalue weighted by atomic mass is 9.98. The van der Waals surface area contributed by atoms with E-state index in [1.54, 1.807) is 26.8 Å². The molecule has 2 unspecified atom stereocenters. The summed E-state index contributed by atoms with van der Waals surface area (Å²) >= 11 is 0. The molecule has 1 aromatic rings. The number of carbonyl (C=O) groups is 4. The highest BCUT2D eigenvalue weighted by molar-refractivity contribution is 6.10. The standard InChI is InChI=1S/C24H32N4O4/c1-16(2)22(31)25-17-7-6-13-26(15-17)20(29)11-14-27-23(32)18-8-4-5-9-19(18)28-21(30)10-12-24(27,28)3/h4-5,8-9,16-17H,6-7,10-15H2,1-3H3,(H,25,31). The Morgan fingerprint density at radius 1 is 1.22 bits per heavy atom. The fourth-order valence-electron chi connectivity index (χ4n) is 5.10. The lowest BCUT2D eigenvalue weighted by molar-refractivity contribution is -0.134. The molecule has 172 valence electrons. The molecule has 0 bridgehead atoms. The van der Waals surface area contributed by atoms with Gasteiger partial charge in [-0.1, -0.05) is 26.0 Å². The molecule has 4 amide bonds. The van der Waals surface area contributed by atoms with Crippen LogP contribution in [0.25, 0.3) is 0 Å². The molecule has 4 rings (SSSR count). The summed E-state index contributed by atoms with van der Waals surface area (Å²) in [5, 5.41) is 3.03. The molecule has 1 aromatic carbocycles. The first-order valence-electron chi connectivity index (χ1n) is 11.5. The molecular weight excluding hydrogens is 408 g/mol. The fourth-order valence-corrected chi connectivity index (χ4v) is 5.10. The van der Waals surface area contributed by atoms with E-state index < -0.39 is 5.66 Å².